The van der Waals surface area contributed by atoms with Gasteiger partial charge in [0.15, 0.2) is 5.69 Å². The molecule has 1 aliphatic carbocycles. The molecule has 1 aliphatic rings. The third kappa shape index (κ3) is 2.62. The first kappa shape index (κ1) is 14.7. The number of hydrogen-bond acceptors (Lipinski definition) is 3. The Morgan fingerprint density at radius 3 is 2.91 bits per heavy atom. The molecule has 3 rings (SSSR count). The molecular weight excluding hydrogens is 283 g/mol. The maximum Gasteiger partial charge on any atom is 0.272 e. The molecule has 6 heteroatoms. The number of amides is 1. The van der Waals surface area contributed by atoms with E-state index in [0.717, 1.165) is 30.5 Å². The van der Waals surface area contributed by atoms with Gasteiger partial charge in [-0.1, -0.05) is 12.1 Å². The number of carbonyl (C=O) groups is 1. The Bertz CT molecular complexity index is 695. The normalized spacial score (nSPS) is 13.2. The van der Waals surface area contributed by atoms with E-state index < -0.39 is 0 Å². The fourth-order valence-electron chi connectivity index (χ4n) is 2.83. The number of aromatic nitrogens is 2. The van der Waals surface area contributed by atoms with Gasteiger partial charge in [-0.25, -0.2) is 9.07 Å². The quantitative estimate of drug-likeness (QED) is 0.822. The number of fused-ring (bicyclic) bond motifs is 1. The van der Waals surface area contributed by atoms with Gasteiger partial charge < -0.3 is 10.6 Å². The van der Waals surface area contributed by atoms with Gasteiger partial charge in [-0.3, -0.25) is 4.79 Å². The first-order valence-electron chi connectivity index (χ1n) is 7.51. The molecular formula is C16H19FN4O. The lowest BCUT2D eigenvalue weighted by molar-refractivity contribution is 0.0948. The number of para-hydroxylation sites is 1. The molecule has 2 N–H and O–H groups in total. The first-order valence-corrected chi connectivity index (χ1v) is 7.51. The summed E-state index contributed by atoms with van der Waals surface area (Å²) < 4.78 is 15.6. The molecule has 0 spiro atoms. The van der Waals surface area contributed by atoms with E-state index in [1.54, 1.807) is 22.9 Å². The highest BCUT2D eigenvalue weighted by Crippen LogP contribution is 2.28. The summed E-state index contributed by atoms with van der Waals surface area (Å²) in [6.45, 7) is 1.23. The van der Waals surface area contributed by atoms with Gasteiger partial charge in [0, 0.05) is 24.3 Å². The zero-order chi connectivity index (χ0) is 15.5. The maximum absolute atomic E-state index is 14.0. The molecule has 0 atom stereocenters. The van der Waals surface area contributed by atoms with Crippen LogP contribution in [0.5, 0.6) is 0 Å². The molecule has 1 aromatic carbocycles. The molecule has 1 heterocycles. The summed E-state index contributed by atoms with van der Waals surface area (Å²) in [6.07, 6.45) is 2.61. The third-order valence-electron chi connectivity index (χ3n) is 3.89. The number of carbonyl (C=O) groups excluding carboxylic acids is 1. The minimum absolute atomic E-state index is 0.191. The molecule has 1 aromatic heterocycles. The number of rotatable bonds is 5. The van der Waals surface area contributed by atoms with Crippen molar-refractivity contribution >= 4 is 5.91 Å². The van der Waals surface area contributed by atoms with Gasteiger partial charge >= 0.3 is 0 Å². The van der Waals surface area contributed by atoms with E-state index in [-0.39, 0.29) is 11.7 Å². The van der Waals surface area contributed by atoms with E-state index in [0.29, 0.717) is 24.5 Å². The second-order valence-electron chi connectivity index (χ2n) is 5.35. The van der Waals surface area contributed by atoms with E-state index >= 15 is 0 Å². The minimum atomic E-state index is -0.332. The van der Waals surface area contributed by atoms with Crippen LogP contribution >= 0.6 is 0 Å². The molecule has 5 nitrogen and oxygen atoms in total. The highest BCUT2D eigenvalue weighted by Gasteiger charge is 2.27. The molecule has 0 fully saturated rings. The highest BCUT2D eigenvalue weighted by atomic mass is 19.1. The van der Waals surface area contributed by atoms with Gasteiger partial charge in [-0.15, -0.1) is 0 Å². The molecule has 0 saturated carbocycles. The fraction of sp³-hybridized carbons (Fsp3) is 0.375. The highest BCUT2D eigenvalue weighted by molar-refractivity contribution is 5.94. The lowest BCUT2D eigenvalue weighted by atomic mass is 10.2. The molecule has 0 unspecified atom stereocenters. The van der Waals surface area contributed by atoms with Gasteiger partial charge in [-0.2, -0.15) is 5.10 Å². The topological polar surface area (TPSA) is 58.9 Å². The lowest BCUT2D eigenvalue weighted by Gasteiger charge is -2.06. The summed E-state index contributed by atoms with van der Waals surface area (Å²) in [5, 5.41) is 10.2. The average molecular weight is 302 g/mol. The van der Waals surface area contributed by atoms with Crippen LogP contribution < -0.4 is 10.6 Å². The predicted octanol–water partition coefficient (Wildman–Crippen LogP) is 1.45. The standard InChI is InChI=1S/C16H19FN4O/c1-18-9-10-19-16(22)15-11-5-4-8-13(11)21(20-15)14-7-3-2-6-12(14)17/h2-3,6-7,18H,4-5,8-10H2,1H3,(H,19,22). The van der Waals surface area contributed by atoms with Gasteiger partial charge in [0.1, 0.15) is 11.5 Å². The molecule has 0 aliphatic heterocycles. The van der Waals surface area contributed by atoms with Crippen molar-refractivity contribution in [2.75, 3.05) is 20.1 Å². The van der Waals surface area contributed by atoms with Crippen molar-refractivity contribution in [3.8, 4) is 5.69 Å². The monoisotopic (exact) mass is 302 g/mol. The summed E-state index contributed by atoms with van der Waals surface area (Å²) in [6, 6.07) is 6.51. The largest absolute Gasteiger partial charge is 0.349 e. The Hall–Kier alpha value is -2.21. The van der Waals surface area contributed by atoms with E-state index in [1.807, 2.05) is 7.05 Å². The molecule has 1 amide bonds. The third-order valence-corrected chi connectivity index (χ3v) is 3.89. The summed E-state index contributed by atoms with van der Waals surface area (Å²) in [5.41, 5.74) is 2.72. The summed E-state index contributed by atoms with van der Waals surface area (Å²) in [5.74, 6) is -0.523. The summed E-state index contributed by atoms with van der Waals surface area (Å²) in [7, 11) is 1.83. The molecule has 0 saturated heterocycles. The predicted molar refractivity (Wildman–Crippen MR) is 81.8 cm³/mol. The van der Waals surface area contributed by atoms with Crippen LogP contribution in [0, 0.1) is 5.82 Å². The number of hydrogen-bond donors (Lipinski definition) is 2. The van der Waals surface area contributed by atoms with Crippen molar-refractivity contribution in [3.05, 3.63) is 47.0 Å². The van der Waals surface area contributed by atoms with E-state index in [1.165, 1.54) is 6.07 Å². The van der Waals surface area contributed by atoms with E-state index in [2.05, 4.69) is 15.7 Å². The minimum Gasteiger partial charge on any atom is -0.349 e. The Labute approximate surface area is 128 Å². The van der Waals surface area contributed by atoms with Crippen molar-refractivity contribution < 1.29 is 9.18 Å². The SMILES string of the molecule is CNCCNC(=O)c1nn(-c2ccccc2F)c2c1CCC2. The maximum atomic E-state index is 14.0. The molecule has 116 valence electrons. The van der Waals surface area contributed by atoms with Crippen LogP contribution in [0.25, 0.3) is 5.69 Å². The van der Waals surface area contributed by atoms with Crippen LogP contribution in [0.3, 0.4) is 0 Å². The van der Waals surface area contributed by atoms with Crippen molar-refractivity contribution in [3.63, 3.8) is 0 Å². The Kier molecular flexibility index (Phi) is 4.20. The van der Waals surface area contributed by atoms with Crippen LogP contribution in [0.2, 0.25) is 0 Å². The van der Waals surface area contributed by atoms with Crippen molar-refractivity contribution in [1.29, 1.82) is 0 Å². The second kappa shape index (κ2) is 6.27. The Morgan fingerprint density at radius 2 is 2.14 bits per heavy atom. The molecule has 0 radical (unpaired) electrons. The molecule has 22 heavy (non-hydrogen) atoms. The van der Waals surface area contributed by atoms with Gasteiger partial charge in [0.25, 0.3) is 5.91 Å². The number of nitrogens with zero attached hydrogens (tertiary/aromatic N) is 2. The average Bonchev–Trinajstić information content (AvgIpc) is 3.10. The van der Waals surface area contributed by atoms with Crippen molar-refractivity contribution in [2.45, 2.75) is 19.3 Å². The van der Waals surface area contributed by atoms with E-state index in [9.17, 15) is 9.18 Å². The first-order chi connectivity index (χ1) is 10.7. The van der Waals surface area contributed by atoms with Crippen molar-refractivity contribution in [1.82, 2.24) is 20.4 Å². The van der Waals surface area contributed by atoms with E-state index in [4.69, 9.17) is 0 Å². The van der Waals surface area contributed by atoms with Crippen LogP contribution in [0.4, 0.5) is 4.39 Å². The Balaban J connectivity index is 1.95. The Morgan fingerprint density at radius 1 is 1.32 bits per heavy atom. The number of halogens is 1. The smallest absolute Gasteiger partial charge is 0.272 e. The summed E-state index contributed by atoms with van der Waals surface area (Å²) in [4.78, 5) is 12.3. The van der Waals surface area contributed by atoms with Gasteiger partial charge in [0.2, 0.25) is 0 Å². The summed E-state index contributed by atoms with van der Waals surface area (Å²) >= 11 is 0. The molecule has 0 bridgehead atoms. The van der Waals surface area contributed by atoms with Crippen LogP contribution in [0.1, 0.15) is 28.2 Å². The lowest BCUT2D eigenvalue weighted by Crippen LogP contribution is -2.31. The zero-order valence-corrected chi connectivity index (χ0v) is 12.5. The van der Waals surface area contributed by atoms with Gasteiger partial charge in [-0.05, 0) is 38.4 Å². The number of benzene rings is 1. The second-order valence-corrected chi connectivity index (χ2v) is 5.35. The number of likely N-dealkylation sites (N-methyl/N-ethyl adjacent to an activating group) is 1. The van der Waals surface area contributed by atoms with Crippen LogP contribution in [-0.4, -0.2) is 35.8 Å². The zero-order valence-electron chi connectivity index (χ0n) is 12.5. The van der Waals surface area contributed by atoms with Crippen LogP contribution in [-0.2, 0) is 12.8 Å². The molecule has 2 aromatic rings. The van der Waals surface area contributed by atoms with Gasteiger partial charge in [0.05, 0.1) is 0 Å². The van der Waals surface area contributed by atoms with Crippen molar-refractivity contribution in [2.24, 2.45) is 0 Å². The van der Waals surface area contributed by atoms with Crippen LogP contribution in [0.15, 0.2) is 24.3 Å². The fourth-order valence-corrected chi connectivity index (χ4v) is 2.83. The number of nitrogens with one attached hydrogen (secondary N) is 2.